The molecule has 2 fully saturated rings. The van der Waals surface area contributed by atoms with Gasteiger partial charge < -0.3 is 10.6 Å². The molecule has 3 heteroatoms. The second kappa shape index (κ2) is 5.84. The molecule has 1 aliphatic carbocycles. The predicted molar refractivity (Wildman–Crippen MR) is 83.9 cm³/mol. The summed E-state index contributed by atoms with van der Waals surface area (Å²) >= 11 is 0. The molecule has 2 unspecified atom stereocenters. The molecule has 0 spiro atoms. The van der Waals surface area contributed by atoms with Crippen LogP contribution in [0.4, 0.5) is 0 Å². The van der Waals surface area contributed by atoms with Gasteiger partial charge in [-0.15, -0.1) is 0 Å². The number of benzene rings is 1. The highest BCUT2D eigenvalue weighted by molar-refractivity contribution is 5.35. The molecule has 1 heterocycles. The Morgan fingerprint density at radius 1 is 1.15 bits per heavy atom. The number of likely N-dealkylation sites (N-methyl/N-ethyl adjacent to an activating group) is 2. The van der Waals surface area contributed by atoms with Crippen LogP contribution in [0.2, 0.25) is 0 Å². The fraction of sp³-hybridized carbons (Fsp3) is 0.647. The minimum absolute atomic E-state index is 0.125. The first-order chi connectivity index (χ1) is 9.66. The van der Waals surface area contributed by atoms with Gasteiger partial charge in [-0.25, -0.2) is 0 Å². The molecular weight excluding hydrogens is 246 g/mol. The molecule has 0 aromatic heterocycles. The molecule has 0 radical (unpaired) electrons. The first-order valence-electron chi connectivity index (χ1n) is 7.90. The van der Waals surface area contributed by atoms with Crippen molar-refractivity contribution < 1.29 is 0 Å². The molecule has 0 bridgehead atoms. The normalized spacial score (nSPS) is 27.2. The monoisotopic (exact) mass is 273 g/mol. The van der Waals surface area contributed by atoms with Crippen molar-refractivity contribution in [2.24, 2.45) is 5.73 Å². The Morgan fingerprint density at radius 3 is 2.60 bits per heavy atom. The second-order valence-corrected chi connectivity index (χ2v) is 6.59. The van der Waals surface area contributed by atoms with Crippen LogP contribution in [0.3, 0.4) is 0 Å². The number of hydrogen-bond acceptors (Lipinski definition) is 3. The standard InChI is InChI=1S/C17H27N3/c1-19-10-11-20(2)16(12-19)17(18)15-9-4-3-8-14(15)13-6-5-7-13/h3-4,8-9,13,16-17H,5-7,10-12,18H2,1-2H3. The zero-order valence-corrected chi connectivity index (χ0v) is 12.8. The summed E-state index contributed by atoms with van der Waals surface area (Å²) in [4.78, 5) is 4.83. The fourth-order valence-corrected chi connectivity index (χ4v) is 3.54. The van der Waals surface area contributed by atoms with Gasteiger partial charge >= 0.3 is 0 Å². The van der Waals surface area contributed by atoms with E-state index in [1.54, 1.807) is 0 Å². The van der Waals surface area contributed by atoms with E-state index < -0.39 is 0 Å². The van der Waals surface area contributed by atoms with Gasteiger partial charge in [-0.05, 0) is 44.0 Å². The van der Waals surface area contributed by atoms with E-state index in [-0.39, 0.29) is 6.04 Å². The molecule has 1 saturated carbocycles. The van der Waals surface area contributed by atoms with Crippen LogP contribution in [0, 0.1) is 0 Å². The minimum atomic E-state index is 0.125. The van der Waals surface area contributed by atoms with Gasteiger partial charge in [0, 0.05) is 31.7 Å². The van der Waals surface area contributed by atoms with Crippen LogP contribution >= 0.6 is 0 Å². The van der Waals surface area contributed by atoms with Crippen LogP contribution in [0.25, 0.3) is 0 Å². The summed E-state index contributed by atoms with van der Waals surface area (Å²) in [6.45, 7) is 3.32. The van der Waals surface area contributed by atoms with E-state index in [1.165, 1.54) is 30.4 Å². The van der Waals surface area contributed by atoms with Crippen molar-refractivity contribution in [1.29, 1.82) is 0 Å². The molecule has 1 aromatic rings. The molecule has 1 aliphatic heterocycles. The Hall–Kier alpha value is -0.900. The van der Waals surface area contributed by atoms with Gasteiger partial charge in [-0.3, -0.25) is 4.90 Å². The van der Waals surface area contributed by atoms with E-state index in [0.29, 0.717) is 6.04 Å². The van der Waals surface area contributed by atoms with Crippen LogP contribution in [-0.2, 0) is 0 Å². The lowest BCUT2D eigenvalue weighted by Gasteiger charge is -2.42. The van der Waals surface area contributed by atoms with Crippen molar-refractivity contribution in [1.82, 2.24) is 9.80 Å². The molecular formula is C17H27N3. The van der Waals surface area contributed by atoms with Gasteiger partial charge in [0.1, 0.15) is 0 Å². The van der Waals surface area contributed by atoms with E-state index >= 15 is 0 Å². The molecule has 110 valence electrons. The van der Waals surface area contributed by atoms with Crippen LogP contribution in [0.1, 0.15) is 42.3 Å². The van der Waals surface area contributed by atoms with Crippen molar-refractivity contribution in [3.05, 3.63) is 35.4 Å². The highest BCUT2D eigenvalue weighted by Gasteiger charge is 2.31. The molecule has 2 aliphatic rings. The molecule has 20 heavy (non-hydrogen) atoms. The third-order valence-corrected chi connectivity index (χ3v) is 5.21. The van der Waals surface area contributed by atoms with Gasteiger partial charge in [-0.2, -0.15) is 0 Å². The number of rotatable bonds is 3. The number of nitrogens with zero attached hydrogens (tertiary/aromatic N) is 2. The summed E-state index contributed by atoms with van der Waals surface area (Å²) in [5.41, 5.74) is 9.56. The zero-order valence-electron chi connectivity index (χ0n) is 12.8. The van der Waals surface area contributed by atoms with Crippen LogP contribution in [0.5, 0.6) is 0 Å². The van der Waals surface area contributed by atoms with Crippen LogP contribution in [0.15, 0.2) is 24.3 Å². The second-order valence-electron chi connectivity index (χ2n) is 6.59. The molecule has 3 rings (SSSR count). The number of piperazine rings is 1. The highest BCUT2D eigenvalue weighted by Crippen LogP contribution is 2.40. The topological polar surface area (TPSA) is 32.5 Å². The van der Waals surface area contributed by atoms with Gasteiger partial charge in [0.05, 0.1) is 0 Å². The minimum Gasteiger partial charge on any atom is -0.323 e. The van der Waals surface area contributed by atoms with Crippen molar-refractivity contribution in [3.8, 4) is 0 Å². The smallest absolute Gasteiger partial charge is 0.0468 e. The Morgan fingerprint density at radius 2 is 1.90 bits per heavy atom. The molecule has 0 amide bonds. The fourth-order valence-electron chi connectivity index (χ4n) is 3.54. The lowest BCUT2D eigenvalue weighted by atomic mass is 9.76. The number of nitrogens with two attached hydrogens (primary N) is 1. The summed E-state index contributed by atoms with van der Waals surface area (Å²) in [6.07, 6.45) is 4.05. The van der Waals surface area contributed by atoms with Crippen molar-refractivity contribution in [2.45, 2.75) is 37.3 Å². The van der Waals surface area contributed by atoms with E-state index in [4.69, 9.17) is 5.73 Å². The first-order valence-corrected chi connectivity index (χ1v) is 7.90. The molecule has 1 aromatic carbocycles. The maximum atomic E-state index is 6.67. The number of hydrogen-bond donors (Lipinski definition) is 1. The molecule has 3 nitrogen and oxygen atoms in total. The molecule has 1 saturated heterocycles. The highest BCUT2D eigenvalue weighted by atomic mass is 15.3. The lowest BCUT2D eigenvalue weighted by molar-refractivity contribution is 0.0970. The first kappa shape index (κ1) is 14.1. The van der Waals surface area contributed by atoms with E-state index in [1.807, 2.05) is 0 Å². The maximum Gasteiger partial charge on any atom is 0.0468 e. The maximum absolute atomic E-state index is 6.67. The van der Waals surface area contributed by atoms with Crippen molar-refractivity contribution in [2.75, 3.05) is 33.7 Å². The zero-order chi connectivity index (χ0) is 14.1. The Labute approximate surface area is 122 Å². The summed E-state index contributed by atoms with van der Waals surface area (Å²) in [6, 6.07) is 9.41. The van der Waals surface area contributed by atoms with Gasteiger partial charge in [0.2, 0.25) is 0 Å². The molecule has 2 N–H and O–H groups in total. The Bertz CT molecular complexity index is 455. The third-order valence-electron chi connectivity index (χ3n) is 5.21. The van der Waals surface area contributed by atoms with E-state index in [0.717, 1.165) is 25.6 Å². The summed E-state index contributed by atoms with van der Waals surface area (Å²) in [5.74, 6) is 0.754. The SMILES string of the molecule is CN1CCN(C)C(C(N)c2ccccc2C2CCC2)C1. The quantitative estimate of drug-likeness (QED) is 0.916. The third kappa shape index (κ3) is 2.62. The van der Waals surface area contributed by atoms with Gasteiger partial charge in [-0.1, -0.05) is 30.7 Å². The van der Waals surface area contributed by atoms with Gasteiger partial charge in [0.25, 0.3) is 0 Å². The van der Waals surface area contributed by atoms with E-state index in [9.17, 15) is 0 Å². The predicted octanol–water partition coefficient (Wildman–Crippen LogP) is 2.20. The Kier molecular flexibility index (Phi) is 4.11. The largest absolute Gasteiger partial charge is 0.323 e. The summed E-state index contributed by atoms with van der Waals surface area (Å²) in [7, 11) is 4.41. The summed E-state index contributed by atoms with van der Waals surface area (Å²) < 4.78 is 0. The van der Waals surface area contributed by atoms with Crippen LogP contribution in [-0.4, -0.2) is 49.6 Å². The van der Waals surface area contributed by atoms with Gasteiger partial charge in [0.15, 0.2) is 0 Å². The summed E-state index contributed by atoms with van der Waals surface area (Å²) in [5, 5.41) is 0. The molecule has 2 atom stereocenters. The van der Waals surface area contributed by atoms with Crippen molar-refractivity contribution in [3.63, 3.8) is 0 Å². The average molecular weight is 273 g/mol. The average Bonchev–Trinajstić information content (AvgIpc) is 2.39. The lowest BCUT2D eigenvalue weighted by Crippen LogP contribution is -2.54. The van der Waals surface area contributed by atoms with Crippen molar-refractivity contribution >= 4 is 0 Å². The Balaban J connectivity index is 1.84. The van der Waals surface area contributed by atoms with Crippen LogP contribution < -0.4 is 5.73 Å². The van der Waals surface area contributed by atoms with E-state index in [2.05, 4.69) is 48.2 Å².